The van der Waals surface area contributed by atoms with Crippen LogP contribution in [0.4, 0.5) is 5.95 Å². The fourth-order valence-electron chi connectivity index (χ4n) is 4.09. The van der Waals surface area contributed by atoms with Crippen molar-refractivity contribution in [3.05, 3.63) is 23.5 Å². The standard InChI is InChI=1S/C21H32N4O2/c1-3-27-20(26)10-9-18-13-22-21(23-16(18)2)24-19-11-12-25(15-19)14-17-7-5-4-6-8-17/h9-10,13,17,19H,3-8,11-12,14-15H2,1-2H3,(H,22,23,24)/t19-/m1/s1. The molecule has 0 unspecified atom stereocenters. The molecule has 2 aliphatic rings. The number of anilines is 1. The molecule has 1 aromatic heterocycles. The van der Waals surface area contributed by atoms with Crippen LogP contribution in [0.25, 0.3) is 6.08 Å². The Kier molecular flexibility index (Phi) is 7.21. The van der Waals surface area contributed by atoms with Gasteiger partial charge in [0.2, 0.25) is 5.95 Å². The van der Waals surface area contributed by atoms with Crippen LogP contribution in [0.1, 0.15) is 56.7 Å². The van der Waals surface area contributed by atoms with E-state index in [9.17, 15) is 4.79 Å². The van der Waals surface area contributed by atoms with Crippen molar-refractivity contribution in [2.24, 2.45) is 5.92 Å². The number of ether oxygens (including phenoxy) is 1. The molecule has 1 N–H and O–H groups in total. The van der Waals surface area contributed by atoms with Crippen molar-refractivity contribution in [2.45, 2.75) is 58.4 Å². The number of hydrogen-bond donors (Lipinski definition) is 1. The molecule has 0 aromatic carbocycles. The van der Waals surface area contributed by atoms with Crippen LogP contribution in [0.2, 0.25) is 0 Å². The maximum atomic E-state index is 11.4. The Morgan fingerprint density at radius 3 is 2.89 bits per heavy atom. The number of aryl methyl sites for hydroxylation is 1. The summed E-state index contributed by atoms with van der Waals surface area (Å²) >= 11 is 0. The topological polar surface area (TPSA) is 67.3 Å². The fraction of sp³-hybridized carbons (Fsp3) is 0.667. The maximum absolute atomic E-state index is 11.4. The van der Waals surface area contributed by atoms with Crippen LogP contribution < -0.4 is 5.32 Å². The predicted molar refractivity (Wildman–Crippen MR) is 107 cm³/mol. The number of nitrogens with one attached hydrogen (secondary N) is 1. The van der Waals surface area contributed by atoms with Gasteiger partial charge in [-0.3, -0.25) is 0 Å². The Morgan fingerprint density at radius 1 is 1.33 bits per heavy atom. The first-order valence-electron chi connectivity index (χ1n) is 10.3. The second-order valence-electron chi connectivity index (χ2n) is 7.71. The van der Waals surface area contributed by atoms with E-state index in [1.165, 1.54) is 44.7 Å². The van der Waals surface area contributed by atoms with Crippen LogP contribution in [0.3, 0.4) is 0 Å². The highest BCUT2D eigenvalue weighted by molar-refractivity contribution is 5.87. The van der Waals surface area contributed by atoms with Crippen molar-refractivity contribution in [1.29, 1.82) is 0 Å². The number of carbonyl (C=O) groups excluding carboxylic acids is 1. The van der Waals surface area contributed by atoms with E-state index in [0.29, 0.717) is 18.6 Å². The van der Waals surface area contributed by atoms with Gasteiger partial charge in [-0.2, -0.15) is 0 Å². The van der Waals surface area contributed by atoms with Gasteiger partial charge in [0.15, 0.2) is 0 Å². The minimum absolute atomic E-state index is 0.344. The highest BCUT2D eigenvalue weighted by Gasteiger charge is 2.25. The molecule has 148 valence electrons. The van der Waals surface area contributed by atoms with Crippen molar-refractivity contribution in [3.8, 4) is 0 Å². The molecule has 27 heavy (non-hydrogen) atoms. The lowest BCUT2D eigenvalue weighted by Crippen LogP contribution is -2.31. The quantitative estimate of drug-likeness (QED) is 0.584. The molecular formula is C21H32N4O2. The number of aromatic nitrogens is 2. The molecule has 0 amide bonds. The lowest BCUT2D eigenvalue weighted by Gasteiger charge is -2.26. The third-order valence-corrected chi connectivity index (χ3v) is 5.55. The Hall–Kier alpha value is -1.95. The minimum Gasteiger partial charge on any atom is -0.463 e. The number of likely N-dealkylation sites (tertiary alicyclic amines) is 1. The summed E-state index contributed by atoms with van der Waals surface area (Å²) in [4.78, 5) is 23.0. The molecule has 0 spiro atoms. The van der Waals surface area contributed by atoms with Gasteiger partial charge in [-0.1, -0.05) is 19.3 Å². The first-order valence-corrected chi connectivity index (χ1v) is 10.3. The Morgan fingerprint density at radius 2 is 2.15 bits per heavy atom. The normalized spacial score (nSPS) is 21.6. The zero-order chi connectivity index (χ0) is 19.1. The van der Waals surface area contributed by atoms with E-state index in [1.54, 1.807) is 19.2 Å². The van der Waals surface area contributed by atoms with E-state index in [2.05, 4.69) is 20.2 Å². The van der Waals surface area contributed by atoms with Gasteiger partial charge >= 0.3 is 5.97 Å². The molecule has 0 bridgehead atoms. The predicted octanol–water partition coefficient (Wildman–Crippen LogP) is 3.43. The maximum Gasteiger partial charge on any atom is 0.330 e. The molecular weight excluding hydrogens is 340 g/mol. The Balaban J connectivity index is 1.49. The molecule has 1 atom stereocenters. The summed E-state index contributed by atoms with van der Waals surface area (Å²) in [5.74, 6) is 1.22. The van der Waals surface area contributed by atoms with E-state index in [4.69, 9.17) is 4.74 Å². The largest absolute Gasteiger partial charge is 0.463 e. The molecule has 6 heteroatoms. The van der Waals surface area contributed by atoms with E-state index >= 15 is 0 Å². The zero-order valence-electron chi connectivity index (χ0n) is 16.6. The summed E-state index contributed by atoms with van der Waals surface area (Å²) in [6, 6.07) is 0.411. The van der Waals surface area contributed by atoms with Crippen molar-refractivity contribution in [2.75, 3.05) is 31.6 Å². The van der Waals surface area contributed by atoms with Crippen molar-refractivity contribution in [3.63, 3.8) is 0 Å². The van der Waals surface area contributed by atoms with Gasteiger partial charge in [0.25, 0.3) is 0 Å². The molecule has 1 aliphatic heterocycles. The SMILES string of the molecule is CCOC(=O)C=Cc1cnc(N[C@@H]2CCN(CC3CCCCC3)C2)nc1C. The summed E-state index contributed by atoms with van der Waals surface area (Å²) in [5.41, 5.74) is 1.68. The average molecular weight is 373 g/mol. The average Bonchev–Trinajstić information content (AvgIpc) is 3.09. The molecule has 2 fully saturated rings. The molecule has 6 nitrogen and oxygen atoms in total. The first-order chi connectivity index (χ1) is 13.1. The molecule has 1 aliphatic carbocycles. The van der Waals surface area contributed by atoms with Gasteiger partial charge in [0, 0.05) is 43.5 Å². The van der Waals surface area contributed by atoms with Crippen molar-refractivity contribution in [1.82, 2.24) is 14.9 Å². The van der Waals surface area contributed by atoms with E-state index in [-0.39, 0.29) is 5.97 Å². The third-order valence-electron chi connectivity index (χ3n) is 5.55. The number of nitrogens with zero attached hydrogens (tertiary/aromatic N) is 3. The van der Waals surface area contributed by atoms with Gasteiger partial charge in [-0.25, -0.2) is 14.8 Å². The van der Waals surface area contributed by atoms with Crippen LogP contribution >= 0.6 is 0 Å². The summed E-state index contributed by atoms with van der Waals surface area (Å²) in [7, 11) is 0. The van der Waals surface area contributed by atoms with Crippen molar-refractivity contribution >= 4 is 18.0 Å². The second-order valence-corrected chi connectivity index (χ2v) is 7.71. The molecule has 1 aromatic rings. The van der Waals surface area contributed by atoms with Crippen LogP contribution in [-0.4, -0.2) is 53.1 Å². The van der Waals surface area contributed by atoms with E-state index in [1.807, 2.05) is 6.92 Å². The van der Waals surface area contributed by atoms with Gasteiger partial charge in [-0.15, -0.1) is 0 Å². The summed E-state index contributed by atoms with van der Waals surface area (Å²) in [6.07, 6.45) is 13.1. The first kappa shape index (κ1) is 19.8. The monoisotopic (exact) mass is 372 g/mol. The molecule has 1 saturated carbocycles. The Bertz CT molecular complexity index is 656. The van der Waals surface area contributed by atoms with Gasteiger partial charge < -0.3 is 15.0 Å². The number of esters is 1. The Labute approximate surface area is 162 Å². The summed E-state index contributed by atoms with van der Waals surface area (Å²) in [5, 5.41) is 3.48. The molecule has 3 rings (SSSR count). The molecule has 0 radical (unpaired) electrons. The van der Waals surface area contributed by atoms with E-state index in [0.717, 1.165) is 36.7 Å². The lowest BCUT2D eigenvalue weighted by atomic mass is 9.89. The molecule has 2 heterocycles. The van der Waals surface area contributed by atoms with Crippen LogP contribution in [0.15, 0.2) is 12.3 Å². The highest BCUT2D eigenvalue weighted by Crippen LogP contribution is 2.26. The third kappa shape index (κ3) is 6.03. The number of carbonyl (C=O) groups is 1. The zero-order valence-corrected chi connectivity index (χ0v) is 16.6. The van der Waals surface area contributed by atoms with E-state index < -0.39 is 0 Å². The summed E-state index contributed by atoms with van der Waals surface area (Å²) in [6.45, 7) is 7.58. The molecule has 1 saturated heterocycles. The second kappa shape index (κ2) is 9.83. The van der Waals surface area contributed by atoms with Gasteiger partial charge in [0.05, 0.1) is 12.3 Å². The van der Waals surface area contributed by atoms with Gasteiger partial charge in [-0.05, 0) is 45.1 Å². The number of hydrogen-bond acceptors (Lipinski definition) is 6. The fourth-order valence-corrected chi connectivity index (χ4v) is 4.09. The van der Waals surface area contributed by atoms with Gasteiger partial charge in [0.1, 0.15) is 0 Å². The smallest absolute Gasteiger partial charge is 0.330 e. The number of rotatable bonds is 7. The van der Waals surface area contributed by atoms with Crippen LogP contribution in [-0.2, 0) is 9.53 Å². The summed E-state index contributed by atoms with van der Waals surface area (Å²) < 4.78 is 4.90. The minimum atomic E-state index is -0.344. The van der Waals surface area contributed by atoms with Crippen molar-refractivity contribution < 1.29 is 9.53 Å². The lowest BCUT2D eigenvalue weighted by molar-refractivity contribution is -0.137. The van der Waals surface area contributed by atoms with Crippen LogP contribution in [0.5, 0.6) is 0 Å². The van der Waals surface area contributed by atoms with Crippen LogP contribution in [0, 0.1) is 12.8 Å². The highest BCUT2D eigenvalue weighted by atomic mass is 16.5.